The first kappa shape index (κ1) is 23.9. The van der Waals surface area contributed by atoms with Gasteiger partial charge in [0.2, 0.25) is 9.84 Å². The minimum atomic E-state index is -4.11. The van der Waals surface area contributed by atoms with Crippen LogP contribution < -0.4 is 5.32 Å². The molecule has 0 unspecified atom stereocenters. The standard InChI is InChI=1S/C24H20ClFN2O2S2/c1-16-11-12-17(2)22(13-16)28-24(31-15-19-20(25)9-6-10-21(19)26)23(14-27)32(29,30)18-7-4-3-5-8-18/h3-13,28H,15H2,1-2H3. The van der Waals surface area contributed by atoms with Gasteiger partial charge in [-0.1, -0.05) is 48.0 Å². The van der Waals surface area contributed by atoms with E-state index >= 15 is 0 Å². The van der Waals surface area contributed by atoms with Crippen molar-refractivity contribution in [1.29, 1.82) is 5.26 Å². The third-order valence-corrected chi connectivity index (χ3v) is 7.93. The number of allylic oxidation sites excluding steroid dienone is 1. The number of hydrogen-bond donors (Lipinski definition) is 1. The fraction of sp³-hybridized carbons (Fsp3) is 0.125. The Morgan fingerprint density at radius 3 is 2.47 bits per heavy atom. The van der Waals surface area contributed by atoms with Crippen molar-refractivity contribution in [3.05, 3.63) is 104 Å². The summed E-state index contributed by atoms with van der Waals surface area (Å²) in [5.41, 5.74) is 2.72. The third-order valence-electron chi connectivity index (χ3n) is 4.69. The van der Waals surface area contributed by atoms with Gasteiger partial charge in [-0.25, -0.2) is 12.8 Å². The molecule has 1 N–H and O–H groups in total. The first-order valence-corrected chi connectivity index (χ1v) is 12.4. The maximum absolute atomic E-state index is 14.3. The Bertz CT molecular complexity index is 1300. The molecule has 0 saturated heterocycles. The van der Waals surface area contributed by atoms with Gasteiger partial charge in [0, 0.05) is 22.0 Å². The van der Waals surface area contributed by atoms with Crippen LogP contribution in [0.1, 0.15) is 16.7 Å². The highest BCUT2D eigenvalue weighted by Crippen LogP contribution is 2.34. The number of thioether (sulfide) groups is 1. The normalized spacial score (nSPS) is 12.1. The molecule has 0 bridgehead atoms. The van der Waals surface area contributed by atoms with Crippen molar-refractivity contribution in [3.63, 3.8) is 0 Å². The van der Waals surface area contributed by atoms with E-state index in [4.69, 9.17) is 11.6 Å². The quantitative estimate of drug-likeness (QED) is 0.380. The summed E-state index contributed by atoms with van der Waals surface area (Å²) in [7, 11) is -4.11. The summed E-state index contributed by atoms with van der Waals surface area (Å²) in [5, 5.41) is 13.3. The molecule has 0 radical (unpaired) electrons. The topological polar surface area (TPSA) is 70.0 Å². The second-order valence-electron chi connectivity index (χ2n) is 7.02. The molecule has 0 aliphatic carbocycles. The molecule has 4 nitrogen and oxygen atoms in total. The van der Waals surface area contributed by atoms with E-state index in [1.807, 2.05) is 38.1 Å². The lowest BCUT2D eigenvalue weighted by Gasteiger charge is -2.16. The van der Waals surface area contributed by atoms with Crippen molar-refractivity contribution in [2.45, 2.75) is 24.5 Å². The molecule has 32 heavy (non-hydrogen) atoms. The second-order valence-corrected chi connectivity index (χ2v) is 10.3. The van der Waals surface area contributed by atoms with Gasteiger partial charge >= 0.3 is 0 Å². The van der Waals surface area contributed by atoms with Gasteiger partial charge in [0.25, 0.3) is 0 Å². The maximum atomic E-state index is 14.3. The van der Waals surface area contributed by atoms with Crippen molar-refractivity contribution in [3.8, 4) is 6.07 Å². The van der Waals surface area contributed by atoms with Gasteiger partial charge in [0.15, 0.2) is 4.91 Å². The molecule has 0 aliphatic heterocycles. The molecule has 0 amide bonds. The molecule has 3 rings (SSSR count). The van der Waals surface area contributed by atoms with E-state index in [9.17, 15) is 18.1 Å². The summed E-state index contributed by atoms with van der Waals surface area (Å²) < 4.78 is 40.8. The predicted octanol–water partition coefficient (Wildman–Crippen LogP) is 6.61. The highest BCUT2D eigenvalue weighted by molar-refractivity contribution is 8.04. The Morgan fingerprint density at radius 1 is 1.09 bits per heavy atom. The van der Waals surface area contributed by atoms with Crippen molar-refractivity contribution < 1.29 is 12.8 Å². The van der Waals surface area contributed by atoms with Crippen LogP contribution in [-0.4, -0.2) is 8.42 Å². The lowest BCUT2D eigenvalue weighted by Crippen LogP contribution is -2.11. The Morgan fingerprint density at radius 2 is 1.81 bits per heavy atom. The van der Waals surface area contributed by atoms with Crippen molar-refractivity contribution in [2.24, 2.45) is 0 Å². The Kier molecular flexibility index (Phi) is 7.62. The van der Waals surface area contributed by atoms with E-state index in [2.05, 4.69) is 5.32 Å². The average molecular weight is 487 g/mol. The zero-order chi connectivity index (χ0) is 23.3. The summed E-state index contributed by atoms with van der Waals surface area (Å²) in [6, 6.07) is 19.6. The predicted molar refractivity (Wildman–Crippen MR) is 129 cm³/mol. The Balaban J connectivity index is 2.11. The van der Waals surface area contributed by atoms with Crippen LogP contribution >= 0.6 is 23.4 Å². The van der Waals surface area contributed by atoms with Crippen LogP contribution in [0, 0.1) is 31.0 Å². The summed E-state index contributed by atoms with van der Waals surface area (Å²) in [4.78, 5) is -0.441. The Labute approximate surface area is 196 Å². The molecule has 0 fully saturated rings. The van der Waals surface area contributed by atoms with E-state index in [0.717, 1.165) is 22.9 Å². The first-order valence-electron chi connectivity index (χ1n) is 9.58. The molecule has 0 atom stereocenters. The van der Waals surface area contributed by atoms with E-state index in [0.29, 0.717) is 5.69 Å². The molecule has 8 heteroatoms. The molecule has 0 aromatic heterocycles. The smallest absolute Gasteiger partial charge is 0.219 e. The van der Waals surface area contributed by atoms with Gasteiger partial charge in [-0.3, -0.25) is 0 Å². The molecule has 0 spiro atoms. The molecular formula is C24H20ClFN2O2S2. The van der Waals surface area contributed by atoms with E-state index in [1.54, 1.807) is 24.3 Å². The number of halogens is 2. The molecule has 3 aromatic carbocycles. The van der Waals surface area contributed by atoms with Crippen LogP contribution in [0.3, 0.4) is 0 Å². The zero-order valence-corrected chi connectivity index (χ0v) is 19.8. The SMILES string of the molecule is Cc1ccc(C)c(NC(SCc2c(F)cccc2Cl)=C(C#N)S(=O)(=O)c2ccccc2)c1. The Hall–Kier alpha value is -2.79. The van der Waals surface area contributed by atoms with Gasteiger partial charge in [0.1, 0.15) is 16.9 Å². The highest BCUT2D eigenvalue weighted by Gasteiger charge is 2.26. The van der Waals surface area contributed by atoms with Gasteiger partial charge in [-0.15, -0.1) is 11.8 Å². The largest absolute Gasteiger partial charge is 0.348 e. The maximum Gasteiger partial charge on any atom is 0.219 e. The van der Waals surface area contributed by atoms with Crippen molar-refractivity contribution >= 4 is 38.9 Å². The van der Waals surface area contributed by atoms with Crippen LogP contribution in [-0.2, 0) is 15.6 Å². The minimum absolute atomic E-state index is 0.00124. The zero-order valence-electron chi connectivity index (χ0n) is 17.4. The van der Waals surface area contributed by atoms with Gasteiger partial charge in [-0.05, 0) is 55.3 Å². The number of sulfone groups is 1. The first-order chi connectivity index (χ1) is 15.2. The van der Waals surface area contributed by atoms with Gasteiger partial charge < -0.3 is 5.32 Å². The fourth-order valence-corrected chi connectivity index (χ4v) is 5.84. The number of benzene rings is 3. The number of aryl methyl sites for hydroxylation is 2. The van der Waals surface area contributed by atoms with Crippen LogP contribution in [0.5, 0.6) is 0 Å². The lowest BCUT2D eigenvalue weighted by molar-refractivity contribution is 0.603. The molecule has 0 heterocycles. The molecule has 164 valence electrons. The summed E-state index contributed by atoms with van der Waals surface area (Å²) in [6.45, 7) is 3.78. The number of anilines is 1. The summed E-state index contributed by atoms with van der Waals surface area (Å²) in [5.74, 6) is -0.464. The van der Waals surface area contributed by atoms with Crippen molar-refractivity contribution in [2.75, 3.05) is 5.32 Å². The van der Waals surface area contributed by atoms with Crippen LogP contribution in [0.15, 0.2) is 81.6 Å². The van der Waals surface area contributed by atoms with Gasteiger partial charge in [-0.2, -0.15) is 5.26 Å². The molecule has 0 saturated carbocycles. The minimum Gasteiger partial charge on any atom is -0.348 e. The van der Waals surface area contributed by atoms with Crippen LogP contribution in [0.2, 0.25) is 5.02 Å². The number of nitriles is 1. The molecule has 3 aromatic rings. The summed E-state index contributed by atoms with van der Waals surface area (Å²) >= 11 is 7.15. The van der Waals surface area contributed by atoms with E-state index in [1.165, 1.54) is 24.3 Å². The van der Waals surface area contributed by atoms with E-state index in [-0.39, 0.29) is 26.3 Å². The fourth-order valence-electron chi connectivity index (χ4n) is 2.92. The number of nitrogens with one attached hydrogen (secondary N) is 1. The molecular weight excluding hydrogens is 467 g/mol. The monoisotopic (exact) mass is 486 g/mol. The van der Waals surface area contributed by atoms with Crippen LogP contribution in [0.25, 0.3) is 0 Å². The molecule has 0 aliphatic rings. The lowest BCUT2D eigenvalue weighted by atomic mass is 10.1. The second kappa shape index (κ2) is 10.2. The van der Waals surface area contributed by atoms with Crippen LogP contribution in [0.4, 0.5) is 10.1 Å². The number of rotatable bonds is 7. The number of hydrogen-bond acceptors (Lipinski definition) is 5. The number of nitrogens with zero attached hydrogens (tertiary/aromatic N) is 1. The summed E-state index contributed by atoms with van der Waals surface area (Å²) in [6.07, 6.45) is 0. The highest BCUT2D eigenvalue weighted by atomic mass is 35.5. The third kappa shape index (κ3) is 5.33. The van der Waals surface area contributed by atoms with Crippen molar-refractivity contribution in [1.82, 2.24) is 0 Å². The average Bonchev–Trinajstić information content (AvgIpc) is 2.76. The van der Waals surface area contributed by atoms with Gasteiger partial charge in [0.05, 0.1) is 4.90 Å². The van der Waals surface area contributed by atoms with E-state index < -0.39 is 20.6 Å².